The number of aromatic nitrogens is 2. The van der Waals surface area contributed by atoms with Gasteiger partial charge in [0.2, 0.25) is 5.95 Å². The number of anilines is 2. The molecule has 4 N–H and O–H groups in total. The highest BCUT2D eigenvalue weighted by Crippen LogP contribution is 2.00. The standard InChI is InChI=1S/C9H16N4O2/c10-8-2-4-12-9(13-8)11-3-1-6-15-7-5-14/h2,4,14H,1,3,5-7H2,(H3,10,11,12,13). The van der Waals surface area contributed by atoms with E-state index in [-0.39, 0.29) is 6.61 Å². The largest absolute Gasteiger partial charge is 0.394 e. The number of nitrogens with zero attached hydrogens (tertiary/aromatic N) is 2. The Bertz CT molecular complexity index is 283. The van der Waals surface area contributed by atoms with Crippen LogP contribution in [-0.2, 0) is 4.74 Å². The smallest absolute Gasteiger partial charge is 0.224 e. The zero-order chi connectivity index (χ0) is 10.9. The molecule has 1 heterocycles. The van der Waals surface area contributed by atoms with E-state index in [0.717, 1.165) is 13.0 Å². The van der Waals surface area contributed by atoms with Crippen LogP contribution in [0, 0.1) is 0 Å². The van der Waals surface area contributed by atoms with Crippen LogP contribution in [0.4, 0.5) is 11.8 Å². The Morgan fingerprint density at radius 2 is 2.33 bits per heavy atom. The maximum Gasteiger partial charge on any atom is 0.224 e. The number of nitrogen functional groups attached to an aromatic ring is 1. The SMILES string of the molecule is Nc1ccnc(NCCCOCCO)n1. The summed E-state index contributed by atoms with van der Waals surface area (Å²) in [7, 11) is 0. The van der Waals surface area contributed by atoms with Crippen molar-refractivity contribution >= 4 is 11.8 Å². The first-order valence-electron chi connectivity index (χ1n) is 4.84. The van der Waals surface area contributed by atoms with Gasteiger partial charge in [0.25, 0.3) is 0 Å². The van der Waals surface area contributed by atoms with Gasteiger partial charge in [-0.05, 0) is 12.5 Å². The molecule has 15 heavy (non-hydrogen) atoms. The molecule has 84 valence electrons. The quantitative estimate of drug-likeness (QED) is 0.545. The molecule has 0 atom stereocenters. The van der Waals surface area contributed by atoms with Gasteiger partial charge in [-0.1, -0.05) is 0 Å². The number of nitrogens with one attached hydrogen (secondary N) is 1. The molecule has 0 fully saturated rings. The molecule has 0 amide bonds. The lowest BCUT2D eigenvalue weighted by atomic mass is 10.4. The summed E-state index contributed by atoms with van der Waals surface area (Å²) in [6.07, 6.45) is 2.44. The fraction of sp³-hybridized carbons (Fsp3) is 0.556. The van der Waals surface area contributed by atoms with Crippen molar-refractivity contribution in [3.63, 3.8) is 0 Å². The molecule has 1 aromatic rings. The highest BCUT2D eigenvalue weighted by Gasteiger charge is 1.95. The first kappa shape index (κ1) is 11.7. The summed E-state index contributed by atoms with van der Waals surface area (Å²) in [5.41, 5.74) is 5.48. The summed E-state index contributed by atoms with van der Waals surface area (Å²) >= 11 is 0. The Morgan fingerprint density at radius 1 is 1.47 bits per heavy atom. The van der Waals surface area contributed by atoms with E-state index < -0.39 is 0 Å². The van der Waals surface area contributed by atoms with Crippen LogP contribution >= 0.6 is 0 Å². The molecule has 1 aromatic heterocycles. The number of aliphatic hydroxyl groups excluding tert-OH is 1. The molecule has 0 aliphatic carbocycles. The molecule has 0 aliphatic heterocycles. The van der Waals surface area contributed by atoms with Crippen molar-refractivity contribution in [2.45, 2.75) is 6.42 Å². The number of rotatable bonds is 7. The van der Waals surface area contributed by atoms with Crippen LogP contribution in [0.25, 0.3) is 0 Å². The molecule has 0 unspecified atom stereocenters. The van der Waals surface area contributed by atoms with Crippen LogP contribution in [0.5, 0.6) is 0 Å². The molecule has 0 bridgehead atoms. The maximum absolute atomic E-state index is 8.46. The Hall–Kier alpha value is -1.40. The van der Waals surface area contributed by atoms with Crippen LogP contribution in [0.3, 0.4) is 0 Å². The molecule has 0 aromatic carbocycles. The summed E-state index contributed by atoms with van der Waals surface area (Å²) in [4.78, 5) is 7.97. The van der Waals surface area contributed by atoms with Crippen molar-refractivity contribution in [1.82, 2.24) is 9.97 Å². The molecule has 0 saturated carbocycles. The monoisotopic (exact) mass is 212 g/mol. The van der Waals surface area contributed by atoms with Gasteiger partial charge in [-0.3, -0.25) is 0 Å². The van der Waals surface area contributed by atoms with E-state index >= 15 is 0 Å². The lowest BCUT2D eigenvalue weighted by molar-refractivity contribution is 0.0921. The summed E-state index contributed by atoms with van der Waals surface area (Å²) in [5, 5.41) is 11.5. The van der Waals surface area contributed by atoms with Gasteiger partial charge in [-0.2, -0.15) is 4.98 Å². The predicted molar refractivity (Wildman–Crippen MR) is 57.5 cm³/mol. The first-order valence-corrected chi connectivity index (χ1v) is 4.84. The normalized spacial score (nSPS) is 10.2. The van der Waals surface area contributed by atoms with Crippen molar-refractivity contribution in [2.24, 2.45) is 0 Å². The zero-order valence-corrected chi connectivity index (χ0v) is 8.52. The minimum absolute atomic E-state index is 0.0613. The van der Waals surface area contributed by atoms with E-state index in [4.69, 9.17) is 15.6 Å². The highest BCUT2D eigenvalue weighted by atomic mass is 16.5. The third-order valence-electron chi connectivity index (χ3n) is 1.66. The van der Waals surface area contributed by atoms with E-state index in [0.29, 0.717) is 25.0 Å². The van der Waals surface area contributed by atoms with Crippen molar-refractivity contribution in [3.05, 3.63) is 12.3 Å². The average Bonchev–Trinajstić information content (AvgIpc) is 2.23. The second kappa shape index (κ2) is 6.97. The van der Waals surface area contributed by atoms with E-state index in [9.17, 15) is 0 Å². The van der Waals surface area contributed by atoms with Crippen LogP contribution < -0.4 is 11.1 Å². The van der Waals surface area contributed by atoms with Gasteiger partial charge < -0.3 is 20.9 Å². The van der Waals surface area contributed by atoms with Crippen LogP contribution in [0.15, 0.2) is 12.3 Å². The topological polar surface area (TPSA) is 93.3 Å². The summed E-state index contributed by atoms with van der Waals surface area (Å²) < 4.78 is 5.09. The van der Waals surface area contributed by atoms with Gasteiger partial charge in [0.05, 0.1) is 13.2 Å². The number of ether oxygens (including phenoxy) is 1. The minimum atomic E-state index is 0.0613. The number of hydrogen-bond donors (Lipinski definition) is 3. The molecule has 0 radical (unpaired) electrons. The fourth-order valence-corrected chi connectivity index (χ4v) is 0.999. The Morgan fingerprint density at radius 3 is 3.07 bits per heavy atom. The van der Waals surface area contributed by atoms with Crippen LogP contribution in [0.1, 0.15) is 6.42 Å². The number of nitrogens with two attached hydrogens (primary N) is 1. The molecule has 6 heteroatoms. The van der Waals surface area contributed by atoms with Gasteiger partial charge in [-0.15, -0.1) is 0 Å². The number of hydrogen-bond acceptors (Lipinski definition) is 6. The summed E-state index contributed by atoms with van der Waals surface area (Å²) in [6.45, 7) is 1.77. The third-order valence-corrected chi connectivity index (χ3v) is 1.66. The summed E-state index contributed by atoms with van der Waals surface area (Å²) in [5.74, 6) is 0.973. The summed E-state index contributed by atoms with van der Waals surface area (Å²) in [6, 6.07) is 1.63. The molecular weight excluding hydrogens is 196 g/mol. The van der Waals surface area contributed by atoms with Crippen LogP contribution in [0.2, 0.25) is 0 Å². The van der Waals surface area contributed by atoms with Crippen molar-refractivity contribution < 1.29 is 9.84 Å². The lowest BCUT2D eigenvalue weighted by Gasteiger charge is -2.05. The third kappa shape index (κ3) is 5.14. The molecule has 1 rings (SSSR count). The van der Waals surface area contributed by atoms with Gasteiger partial charge in [0, 0.05) is 19.3 Å². The lowest BCUT2D eigenvalue weighted by Crippen LogP contribution is -2.09. The second-order valence-corrected chi connectivity index (χ2v) is 2.92. The molecule has 0 saturated heterocycles. The van der Waals surface area contributed by atoms with E-state index in [2.05, 4.69) is 15.3 Å². The van der Waals surface area contributed by atoms with Crippen molar-refractivity contribution in [2.75, 3.05) is 37.4 Å². The molecule has 0 spiro atoms. The van der Waals surface area contributed by atoms with Crippen molar-refractivity contribution in [3.8, 4) is 0 Å². The van der Waals surface area contributed by atoms with Crippen molar-refractivity contribution in [1.29, 1.82) is 0 Å². The van der Waals surface area contributed by atoms with Gasteiger partial charge in [-0.25, -0.2) is 4.98 Å². The van der Waals surface area contributed by atoms with Gasteiger partial charge >= 0.3 is 0 Å². The molecule has 6 nitrogen and oxygen atoms in total. The van der Waals surface area contributed by atoms with E-state index in [1.165, 1.54) is 0 Å². The minimum Gasteiger partial charge on any atom is -0.394 e. The Labute approximate surface area is 88.5 Å². The van der Waals surface area contributed by atoms with Gasteiger partial charge in [0.1, 0.15) is 5.82 Å². The van der Waals surface area contributed by atoms with E-state index in [1.54, 1.807) is 12.3 Å². The highest BCUT2D eigenvalue weighted by molar-refractivity contribution is 5.34. The zero-order valence-electron chi connectivity index (χ0n) is 8.52. The fourth-order valence-electron chi connectivity index (χ4n) is 0.999. The molecular formula is C9H16N4O2. The second-order valence-electron chi connectivity index (χ2n) is 2.92. The van der Waals surface area contributed by atoms with Gasteiger partial charge in [0.15, 0.2) is 0 Å². The molecule has 0 aliphatic rings. The Kier molecular flexibility index (Phi) is 5.42. The Balaban J connectivity index is 2.10. The van der Waals surface area contributed by atoms with Crippen LogP contribution in [-0.4, -0.2) is 41.4 Å². The average molecular weight is 212 g/mol. The first-order chi connectivity index (χ1) is 7.33. The maximum atomic E-state index is 8.46. The van der Waals surface area contributed by atoms with E-state index in [1.807, 2.05) is 0 Å². The number of aliphatic hydroxyl groups is 1. The predicted octanol–water partition coefficient (Wildman–Crippen LogP) is -0.130.